The summed E-state index contributed by atoms with van der Waals surface area (Å²) in [5, 5.41) is 12.4. The second-order valence-corrected chi connectivity index (χ2v) is 7.46. The smallest absolute Gasteiger partial charge is 0.323 e. The molecule has 2 rings (SSSR count). The van der Waals surface area contributed by atoms with Gasteiger partial charge in [0.05, 0.1) is 13.7 Å². The Labute approximate surface area is 139 Å². The Hall–Kier alpha value is -0.910. The van der Waals surface area contributed by atoms with Gasteiger partial charge in [-0.15, -0.1) is 9.24 Å². The number of methoxy groups -OCH3 is 1. The van der Waals surface area contributed by atoms with Gasteiger partial charge < -0.3 is 19.6 Å². The normalized spacial score (nSPS) is 29.1. The maximum Gasteiger partial charge on any atom is 0.323 e. The van der Waals surface area contributed by atoms with Gasteiger partial charge in [-0.1, -0.05) is 0 Å². The van der Waals surface area contributed by atoms with Crippen LogP contribution in [-0.2, 0) is 9.53 Å². The Balaban J connectivity index is 2.10. The number of aliphatic hydroxyl groups excluding tert-OH is 1. The van der Waals surface area contributed by atoms with Crippen LogP contribution in [0.5, 0.6) is 0 Å². The molecule has 2 aliphatic heterocycles. The predicted molar refractivity (Wildman–Crippen MR) is 90.0 cm³/mol. The summed E-state index contributed by atoms with van der Waals surface area (Å²) in [5.74, 6) is -0.443. The van der Waals surface area contributed by atoms with Crippen molar-refractivity contribution >= 4 is 21.2 Å². The van der Waals surface area contributed by atoms with Gasteiger partial charge in [-0.05, 0) is 31.6 Å². The number of carbonyl (C=O) groups excluding carboxylic acids is 2. The molecule has 0 radical (unpaired) electrons. The fraction of sp³-hybridized carbons (Fsp3) is 0.867. The van der Waals surface area contributed by atoms with Crippen LogP contribution in [0.25, 0.3) is 0 Å². The van der Waals surface area contributed by atoms with Crippen LogP contribution in [0.2, 0.25) is 0 Å². The van der Waals surface area contributed by atoms with Crippen molar-refractivity contribution in [2.75, 3.05) is 27.8 Å². The average molecular weight is 345 g/mol. The summed E-state index contributed by atoms with van der Waals surface area (Å²) in [5.41, 5.74) is 0. The molecule has 7 nitrogen and oxygen atoms in total. The van der Waals surface area contributed by atoms with E-state index in [2.05, 4.69) is 14.6 Å². The molecule has 2 N–H and O–H groups in total. The molecule has 132 valence electrons. The van der Waals surface area contributed by atoms with Gasteiger partial charge >= 0.3 is 12.0 Å². The maximum atomic E-state index is 12.4. The first-order valence-electron chi connectivity index (χ1n) is 8.09. The summed E-state index contributed by atoms with van der Waals surface area (Å²) in [6.45, 7) is -0.0665. The Morgan fingerprint density at radius 1 is 1.35 bits per heavy atom. The molecule has 0 aromatic heterocycles. The van der Waals surface area contributed by atoms with Gasteiger partial charge in [0.25, 0.3) is 0 Å². The molecule has 8 heteroatoms. The van der Waals surface area contributed by atoms with E-state index in [1.807, 2.05) is 4.90 Å². The van der Waals surface area contributed by atoms with Crippen molar-refractivity contribution in [1.29, 1.82) is 0 Å². The highest BCUT2D eigenvalue weighted by atomic mass is 31.0. The van der Waals surface area contributed by atoms with Crippen molar-refractivity contribution in [1.82, 2.24) is 15.1 Å². The van der Waals surface area contributed by atoms with E-state index in [1.54, 1.807) is 19.0 Å². The fourth-order valence-electron chi connectivity index (χ4n) is 3.84. The summed E-state index contributed by atoms with van der Waals surface area (Å²) in [7, 11) is 7.41. The molecule has 0 aliphatic carbocycles. The van der Waals surface area contributed by atoms with Crippen molar-refractivity contribution in [3.63, 3.8) is 0 Å². The number of nitrogens with zero attached hydrogens (tertiary/aromatic N) is 2. The van der Waals surface area contributed by atoms with E-state index < -0.39 is 6.04 Å². The molecular weight excluding hydrogens is 317 g/mol. The molecule has 0 aromatic carbocycles. The number of urea groups is 1. The van der Waals surface area contributed by atoms with Crippen LogP contribution >= 0.6 is 9.24 Å². The van der Waals surface area contributed by atoms with E-state index in [0.29, 0.717) is 0 Å². The van der Waals surface area contributed by atoms with E-state index in [9.17, 15) is 14.7 Å². The van der Waals surface area contributed by atoms with E-state index >= 15 is 0 Å². The minimum Gasteiger partial charge on any atom is -0.468 e. The number of aliphatic hydroxyl groups is 1. The maximum absolute atomic E-state index is 12.4. The van der Waals surface area contributed by atoms with Crippen LogP contribution in [0.15, 0.2) is 0 Å². The first-order chi connectivity index (χ1) is 10.9. The second kappa shape index (κ2) is 7.77. The van der Waals surface area contributed by atoms with Crippen LogP contribution in [0.3, 0.4) is 0 Å². The van der Waals surface area contributed by atoms with Crippen LogP contribution < -0.4 is 5.32 Å². The van der Waals surface area contributed by atoms with Crippen molar-refractivity contribution < 1.29 is 19.4 Å². The molecule has 2 aliphatic rings. The number of esters is 1. The van der Waals surface area contributed by atoms with Crippen LogP contribution in [0.4, 0.5) is 4.79 Å². The molecule has 0 aromatic rings. The Kier molecular flexibility index (Phi) is 6.23. The summed E-state index contributed by atoms with van der Waals surface area (Å²) in [4.78, 5) is 28.1. The molecule has 2 heterocycles. The molecule has 2 fully saturated rings. The van der Waals surface area contributed by atoms with Crippen molar-refractivity contribution in [3.8, 4) is 0 Å². The summed E-state index contributed by atoms with van der Waals surface area (Å²) in [6, 6.07) is -0.0356. The van der Waals surface area contributed by atoms with Gasteiger partial charge in [-0.25, -0.2) is 4.79 Å². The largest absolute Gasteiger partial charge is 0.468 e. The van der Waals surface area contributed by atoms with Gasteiger partial charge in [0, 0.05) is 32.0 Å². The van der Waals surface area contributed by atoms with Crippen molar-refractivity contribution in [3.05, 3.63) is 0 Å². The van der Waals surface area contributed by atoms with E-state index in [1.165, 1.54) is 7.11 Å². The zero-order chi connectivity index (χ0) is 17.1. The molecule has 23 heavy (non-hydrogen) atoms. The third kappa shape index (κ3) is 3.95. The van der Waals surface area contributed by atoms with Crippen molar-refractivity contribution in [2.45, 2.75) is 49.6 Å². The lowest BCUT2D eigenvalue weighted by Crippen LogP contribution is -2.56. The minimum atomic E-state index is -0.450. The first-order valence-corrected chi connectivity index (χ1v) is 8.75. The molecule has 2 saturated heterocycles. The number of hydrogen-bond donors (Lipinski definition) is 2. The summed E-state index contributed by atoms with van der Waals surface area (Å²) < 4.78 is 4.93. The number of nitrogens with one attached hydrogen (secondary N) is 1. The molecule has 0 spiro atoms. The number of rotatable bonds is 5. The third-order valence-corrected chi connectivity index (χ3v) is 5.29. The SMILES string of the molecule is COC(=O)[C@@H](N[C@H](P)CO)C1CC2CCC(C1)N2C(=O)N(C)C. The topological polar surface area (TPSA) is 82.1 Å². The Bertz CT molecular complexity index is 434. The predicted octanol–water partition coefficient (Wildman–Crippen LogP) is 0.236. The number of amides is 2. The zero-order valence-electron chi connectivity index (χ0n) is 14.1. The van der Waals surface area contributed by atoms with E-state index in [4.69, 9.17) is 4.74 Å². The average Bonchev–Trinajstić information content (AvgIpc) is 2.80. The lowest BCUT2D eigenvalue weighted by atomic mass is 9.84. The van der Waals surface area contributed by atoms with E-state index in [0.717, 1.165) is 25.7 Å². The molecular formula is C15H28N3O4P. The number of piperidine rings is 1. The monoisotopic (exact) mass is 345 g/mol. The van der Waals surface area contributed by atoms with Crippen LogP contribution in [0.1, 0.15) is 25.7 Å². The highest BCUT2D eigenvalue weighted by Gasteiger charge is 2.47. The van der Waals surface area contributed by atoms with Crippen LogP contribution in [-0.4, -0.2) is 78.6 Å². The molecule has 2 bridgehead atoms. The van der Waals surface area contributed by atoms with Crippen LogP contribution in [0, 0.1) is 5.92 Å². The van der Waals surface area contributed by atoms with Gasteiger partial charge in [0.15, 0.2) is 0 Å². The zero-order valence-corrected chi connectivity index (χ0v) is 15.2. The number of hydrogen-bond acceptors (Lipinski definition) is 5. The second-order valence-electron chi connectivity index (χ2n) is 6.66. The first kappa shape index (κ1) is 18.4. The van der Waals surface area contributed by atoms with Gasteiger partial charge in [0.2, 0.25) is 0 Å². The minimum absolute atomic E-state index is 0.0535. The van der Waals surface area contributed by atoms with Crippen molar-refractivity contribution in [2.24, 2.45) is 5.92 Å². The Morgan fingerprint density at radius 2 is 1.91 bits per heavy atom. The highest BCUT2D eigenvalue weighted by molar-refractivity contribution is 7.17. The highest BCUT2D eigenvalue weighted by Crippen LogP contribution is 2.40. The third-order valence-electron chi connectivity index (χ3n) is 4.89. The standard InChI is InChI=1S/C15H28N3O4P/c1-17(2)15(21)18-10-4-5-11(18)7-9(6-10)13(14(20)22-3)16-12(23)8-19/h9-13,16,19H,4-8,23H2,1-3H3/t9?,10?,11?,12-,13+/m1/s1. The number of carbonyl (C=O) groups is 2. The molecule has 2 amide bonds. The fourth-order valence-corrected chi connectivity index (χ4v) is 4.05. The molecule has 3 unspecified atom stereocenters. The number of ether oxygens (including phenoxy) is 1. The lowest BCUT2D eigenvalue weighted by Gasteiger charge is -2.42. The lowest BCUT2D eigenvalue weighted by molar-refractivity contribution is -0.145. The van der Waals surface area contributed by atoms with Gasteiger partial charge in [0.1, 0.15) is 6.04 Å². The number of fused-ring (bicyclic) bond motifs is 2. The Morgan fingerprint density at radius 3 is 2.35 bits per heavy atom. The molecule has 0 saturated carbocycles. The summed E-state index contributed by atoms with van der Waals surface area (Å²) >= 11 is 0. The quantitative estimate of drug-likeness (QED) is 0.551. The van der Waals surface area contributed by atoms with Gasteiger partial charge in [-0.3, -0.25) is 10.1 Å². The molecule has 5 atom stereocenters. The van der Waals surface area contributed by atoms with Gasteiger partial charge in [-0.2, -0.15) is 0 Å². The van der Waals surface area contributed by atoms with E-state index in [-0.39, 0.29) is 42.4 Å². The summed E-state index contributed by atoms with van der Waals surface area (Å²) in [6.07, 6.45) is 3.54.